The van der Waals surface area contributed by atoms with Gasteiger partial charge in [-0.25, -0.2) is 18.7 Å². The summed E-state index contributed by atoms with van der Waals surface area (Å²) < 4.78 is 34.0. The van der Waals surface area contributed by atoms with Crippen molar-refractivity contribution in [1.29, 1.82) is 5.41 Å². The number of pyridine rings is 1. The predicted octanol–water partition coefficient (Wildman–Crippen LogP) is 5.24. The fraction of sp³-hybridized carbons (Fsp3) is 0.120. The van der Waals surface area contributed by atoms with Gasteiger partial charge in [0.1, 0.15) is 17.3 Å². The third-order valence-corrected chi connectivity index (χ3v) is 5.17. The molecular weight excluding hydrogens is 438 g/mol. The number of ether oxygens (including phenoxy) is 1. The Morgan fingerprint density at radius 3 is 2.59 bits per heavy atom. The molecule has 172 valence electrons. The molecule has 4 rings (SSSR count). The van der Waals surface area contributed by atoms with E-state index in [1.807, 2.05) is 0 Å². The number of anilines is 3. The van der Waals surface area contributed by atoms with Crippen LogP contribution in [0.1, 0.15) is 22.5 Å². The second-order valence-electron chi connectivity index (χ2n) is 7.40. The second-order valence-corrected chi connectivity index (χ2v) is 7.40. The third-order valence-electron chi connectivity index (χ3n) is 5.17. The van der Waals surface area contributed by atoms with Gasteiger partial charge in [-0.05, 0) is 36.8 Å². The van der Waals surface area contributed by atoms with E-state index in [0.29, 0.717) is 28.4 Å². The maximum absolute atomic E-state index is 14.4. The van der Waals surface area contributed by atoms with Gasteiger partial charge < -0.3 is 15.4 Å². The molecule has 2 aromatic carbocycles. The van der Waals surface area contributed by atoms with Gasteiger partial charge in [0.25, 0.3) is 0 Å². The van der Waals surface area contributed by atoms with Crippen molar-refractivity contribution < 1.29 is 13.5 Å². The molecule has 0 aliphatic carbocycles. The normalized spacial score (nSPS) is 10.6. The predicted molar refractivity (Wildman–Crippen MR) is 127 cm³/mol. The summed E-state index contributed by atoms with van der Waals surface area (Å²) in [6, 6.07) is 13.2. The Balaban J connectivity index is 1.62. The first-order valence-electron chi connectivity index (χ1n) is 10.4. The number of halogens is 2. The van der Waals surface area contributed by atoms with E-state index in [9.17, 15) is 8.78 Å². The van der Waals surface area contributed by atoms with Crippen LogP contribution in [0, 0.1) is 24.0 Å². The number of rotatable bonds is 8. The van der Waals surface area contributed by atoms with E-state index in [1.165, 1.54) is 25.4 Å². The monoisotopic (exact) mass is 460 g/mol. The average Bonchev–Trinajstić information content (AvgIpc) is 2.87. The molecule has 4 aromatic rings. The van der Waals surface area contributed by atoms with Crippen LogP contribution in [-0.2, 0) is 6.54 Å². The molecule has 2 heterocycles. The van der Waals surface area contributed by atoms with E-state index >= 15 is 0 Å². The summed E-state index contributed by atoms with van der Waals surface area (Å²) in [5, 5.41) is 14.9. The van der Waals surface area contributed by atoms with Crippen molar-refractivity contribution in [2.24, 2.45) is 0 Å². The quantitative estimate of drug-likeness (QED) is 0.311. The van der Waals surface area contributed by atoms with Crippen LogP contribution < -0.4 is 15.4 Å². The number of methoxy groups -OCH3 is 1. The highest BCUT2D eigenvalue weighted by Crippen LogP contribution is 2.26. The minimum Gasteiger partial charge on any atom is -0.491 e. The van der Waals surface area contributed by atoms with Crippen LogP contribution in [-0.4, -0.2) is 27.8 Å². The molecule has 0 fully saturated rings. The Kier molecular flexibility index (Phi) is 6.72. The minimum absolute atomic E-state index is 0.0358. The molecule has 0 radical (unpaired) electrons. The number of benzene rings is 2. The van der Waals surface area contributed by atoms with Crippen LogP contribution in [0.25, 0.3) is 0 Å². The van der Waals surface area contributed by atoms with Gasteiger partial charge in [-0.3, -0.25) is 10.4 Å². The van der Waals surface area contributed by atoms with Crippen molar-refractivity contribution in [2.45, 2.75) is 13.5 Å². The van der Waals surface area contributed by atoms with Crippen LogP contribution in [0.3, 0.4) is 0 Å². The molecule has 34 heavy (non-hydrogen) atoms. The first-order chi connectivity index (χ1) is 16.5. The zero-order chi connectivity index (χ0) is 24.1. The first kappa shape index (κ1) is 22.8. The summed E-state index contributed by atoms with van der Waals surface area (Å²) in [4.78, 5) is 12.7. The molecule has 0 atom stereocenters. The van der Waals surface area contributed by atoms with Gasteiger partial charge in [-0.2, -0.15) is 0 Å². The lowest BCUT2D eigenvalue weighted by molar-refractivity contribution is 0.413. The van der Waals surface area contributed by atoms with Crippen LogP contribution in [0.2, 0.25) is 0 Å². The fourth-order valence-corrected chi connectivity index (χ4v) is 3.34. The van der Waals surface area contributed by atoms with Crippen molar-refractivity contribution in [3.8, 4) is 5.75 Å². The summed E-state index contributed by atoms with van der Waals surface area (Å²) >= 11 is 0. The maximum atomic E-state index is 14.4. The molecule has 0 bridgehead atoms. The summed E-state index contributed by atoms with van der Waals surface area (Å²) in [6.07, 6.45) is 4.76. The summed E-state index contributed by atoms with van der Waals surface area (Å²) in [7, 11) is 1.50. The summed E-state index contributed by atoms with van der Waals surface area (Å²) in [6.45, 7) is 1.50. The Morgan fingerprint density at radius 1 is 1.06 bits per heavy atom. The molecule has 0 aliphatic rings. The molecule has 0 saturated carbocycles. The molecule has 0 saturated heterocycles. The Bertz CT molecular complexity index is 1330. The van der Waals surface area contributed by atoms with Gasteiger partial charge >= 0.3 is 0 Å². The highest BCUT2D eigenvalue weighted by atomic mass is 19.1. The van der Waals surface area contributed by atoms with Gasteiger partial charge in [-0.1, -0.05) is 24.3 Å². The van der Waals surface area contributed by atoms with E-state index in [-0.39, 0.29) is 23.6 Å². The van der Waals surface area contributed by atoms with E-state index in [1.54, 1.807) is 55.7 Å². The van der Waals surface area contributed by atoms with Crippen LogP contribution in [0.15, 0.2) is 67.1 Å². The molecular formula is C25H22F2N6O. The van der Waals surface area contributed by atoms with Gasteiger partial charge in [-0.15, -0.1) is 0 Å². The molecule has 9 heteroatoms. The lowest BCUT2D eigenvalue weighted by Gasteiger charge is -2.15. The molecule has 0 aliphatic heterocycles. The third kappa shape index (κ3) is 4.83. The zero-order valence-corrected chi connectivity index (χ0v) is 18.6. The SMILES string of the molecule is COc1cnc(C(=N)c2ccccc2NCc2c(F)ccc(C)c2F)nc1Nc1ccncc1. The maximum Gasteiger partial charge on any atom is 0.180 e. The molecule has 0 amide bonds. The Hall–Kier alpha value is -4.40. The summed E-state index contributed by atoms with van der Waals surface area (Å²) in [5.41, 5.74) is 2.08. The largest absolute Gasteiger partial charge is 0.491 e. The van der Waals surface area contributed by atoms with Crippen molar-refractivity contribution in [3.63, 3.8) is 0 Å². The second kappa shape index (κ2) is 10.0. The fourth-order valence-electron chi connectivity index (χ4n) is 3.34. The highest BCUT2D eigenvalue weighted by Gasteiger charge is 2.17. The van der Waals surface area contributed by atoms with Crippen LogP contribution in [0.5, 0.6) is 5.75 Å². The van der Waals surface area contributed by atoms with Gasteiger partial charge in [0.2, 0.25) is 0 Å². The molecule has 0 unspecified atom stereocenters. The Labute approximate surface area is 195 Å². The first-order valence-corrected chi connectivity index (χ1v) is 10.4. The molecule has 0 spiro atoms. The number of nitrogens with one attached hydrogen (secondary N) is 3. The number of nitrogens with zero attached hydrogens (tertiary/aromatic N) is 3. The van der Waals surface area contributed by atoms with E-state index < -0.39 is 11.6 Å². The van der Waals surface area contributed by atoms with Gasteiger partial charge in [0.15, 0.2) is 17.4 Å². The lowest BCUT2D eigenvalue weighted by Crippen LogP contribution is -2.13. The number of aromatic nitrogens is 3. The standard InChI is InChI=1S/C25H22F2N6O/c1-15-7-8-19(26)18(22(15)27)13-30-20-6-4-3-5-17(20)23(28)25-31-14-21(34-2)24(33-25)32-16-9-11-29-12-10-16/h3-12,14,28,30H,13H2,1-2H3,(H,29,31,32,33). The topological polar surface area (TPSA) is 95.8 Å². The van der Waals surface area contributed by atoms with Crippen molar-refractivity contribution >= 4 is 22.9 Å². The van der Waals surface area contributed by atoms with E-state index in [2.05, 4.69) is 25.6 Å². The Morgan fingerprint density at radius 2 is 1.82 bits per heavy atom. The van der Waals surface area contributed by atoms with Crippen LogP contribution in [0.4, 0.5) is 26.0 Å². The van der Waals surface area contributed by atoms with Crippen LogP contribution >= 0.6 is 0 Å². The highest BCUT2D eigenvalue weighted by molar-refractivity contribution is 6.12. The van der Waals surface area contributed by atoms with E-state index in [0.717, 1.165) is 5.69 Å². The van der Waals surface area contributed by atoms with E-state index in [4.69, 9.17) is 10.1 Å². The zero-order valence-electron chi connectivity index (χ0n) is 18.6. The molecule has 2 aromatic heterocycles. The number of hydrogen-bond donors (Lipinski definition) is 3. The number of para-hydroxylation sites is 1. The lowest BCUT2D eigenvalue weighted by atomic mass is 10.1. The van der Waals surface area contributed by atoms with Crippen molar-refractivity contribution in [2.75, 3.05) is 17.7 Å². The van der Waals surface area contributed by atoms with Crippen molar-refractivity contribution in [1.82, 2.24) is 15.0 Å². The summed E-state index contributed by atoms with van der Waals surface area (Å²) in [5.74, 6) is -0.277. The minimum atomic E-state index is -0.631. The van der Waals surface area contributed by atoms with Gasteiger partial charge in [0.05, 0.1) is 13.3 Å². The number of hydrogen-bond acceptors (Lipinski definition) is 7. The molecule has 7 nitrogen and oxygen atoms in total. The smallest absolute Gasteiger partial charge is 0.180 e. The van der Waals surface area contributed by atoms with Gasteiger partial charge in [0, 0.05) is 41.4 Å². The molecule has 3 N–H and O–H groups in total. The number of aryl methyl sites for hydroxylation is 1. The van der Waals surface area contributed by atoms with Crippen molar-refractivity contribution in [3.05, 3.63) is 101 Å². The average molecular weight is 460 g/mol.